The first-order valence-corrected chi connectivity index (χ1v) is 10.7. The molecule has 0 radical (unpaired) electrons. The van der Waals surface area contributed by atoms with E-state index in [1.165, 1.54) is 5.56 Å². The molecule has 1 aliphatic rings. The van der Waals surface area contributed by atoms with Gasteiger partial charge in [0.1, 0.15) is 12.4 Å². The number of para-hydroxylation sites is 1. The van der Waals surface area contributed by atoms with Crippen LogP contribution in [0.25, 0.3) is 0 Å². The van der Waals surface area contributed by atoms with Gasteiger partial charge in [-0.3, -0.25) is 9.79 Å². The Labute approximate surface area is 184 Å². The van der Waals surface area contributed by atoms with Gasteiger partial charge in [-0.25, -0.2) is 0 Å². The number of nitrogens with zero attached hydrogens (tertiary/aromatic N) is 2. The lowest BCUT2D eigenvalue weighted by Crippen LogP contribution is -2.44. The third-order valence-electron chi connectivity index (χ3n) is 5.18. The Morgan fingerprint density at radius 3 is 2.81 bits per heavy atom. The van der Waals surface area contributed by atoms with E-state index in [0.29, 0.717) is 32.3 Å². The minimum atomic E-state index is 0.0307. The predicted molar refractivity (Wildman–Crippen MR) is 124 cm³/mol. The van der Waals surface area contributed by atoms with E-state index in [1.807, 2.05) is 49.1 Å². The maximum absolute atomic E-state index is 12.7. The molecule has 0 aliphatic carbocycles. The van der Waals surface area contributed by atoms with Crippen LogP contribution in [0.3, 0.4) is 0 Å². The Morgan fingerprint density at radius 1 is 1.16 bits per heavy atom. The third kappa shape index (κ3) is 6.21. The fourth-order valence-corrected chi connectivity index (χ4v) is 3.55. The number of nitrogens with one attached hydrogen (secondary N) is 2. The lowest BCUT2D eigenvalue weighted by atomic mass is 10.1. The number of guanidine groups is 1. The van der Waals surface area contributed by atoms with Crippen molar-refractivity contribution < 1.29 is 14.3 Å². The van der Waals surface area contributed by atoms with Crippen LogP contribution < -0.4 is 20.3 Å². The van der Waals surface area contributed by atoms with Crippen LogP contribution in [0, 0.1) is 6.92 Å². The van der Waals surface area contributed by atoms with Crippen molar-refractivity contribution in [2.24, 2.45) is 4.99 Å². The van der Waals surface area contributed by atoms with Crippen molar-refractivity contribution in [1.82, 2.24) is 10.6 Å². The number of aliphatic imine (C=N–C) groups is 1. The van der Waals surface area contributed by atoms with Gasteiger partial charge in [-0.15, -0.1) is 0 Å². The predicted octanol–water partition coefficient (Wildman–Crippen LogP) is 2.66. The number of aryl methyl sites for hydroxylation is 1. The van der Waals surface area contributed by atoms with Gasteiger partial charge >= 0.3 is 0 Å². The molecule has 7 heteroatoms. The molecule has 1 heterocycles. The number of fused-ring (bicyclic) bond motifs is 1. The lowest BCUT2D eigenvalue weighted by Gasteiger charge is -2.19. The second-order valence-electron chi connectivity index (χ2n) is 7.36. The first-order chi connectivity index (χ1) is 15.1. The van der Waals surface area contributed by atoms with Gasteiger partial charge in [0, 0.05) is 38.0 Å². The number of hydrogen-bond donors (Lipinski definition) is 2. The molecular formula is C24H32N4O3. The van der Waals surface area contributed by atoms with Crippen LogP contribution in [0.2, 0.25) is 0 Å². The van der Waals surface area contributed by atoms with Gasteiger partial charge in [0.2, 0.25) is 5.91 Å². The van der Waals surface area contributed by atoms with E-state index in [4.69, 9.17) is 9.47 Å². The highest BCUT2D eigenvalue weighted by atomic mass is 16.5. The average Bonchev–Trinajstić information content (AvgIpc) is 3.22. The average molecular weight is 425 g/mol. The summed E-state index contributed by atoms with van der Waals surface area (Å²) >= 11 is 0. The summed E-state index contributed by atoms with van der Waals surface area (Å²) in [4.78, 5) is 18.8. The molecule has 0 aromatic heterocycles. The molecule has 2 aromatic carbocycles. The van der Waals surface area contributed by atoms with Crippen LogP contribution in [0.4, 0.5) is 5.69 Å². The minimum Gasteiger partial charge on any atom is -0.491 e. The summed E-state index contributed by atoms with van der Waals surface area (Å²) in [7, 11) is 1.69. The normalized spacial score (nSPS) is 13.1. The maximum Gasteiger partial charge on any atom is 0.246 e. The molecular weight excluding hydrogens is 392 g/mol. The molecule has 166 valence electrons. The largest absolute Gasteiger partial charge is 0.491 e. The zero-order valence-corrected chi connectivity index (χ0v) is 18.6. The molecule has 0 spiro atoms. The number of amides is 1. The molecule has 3 rings (SSSR count). The Bertz CT molecular complexity index is 913. The van der Waals surface area contributed by atoms with Crippen molar-refractivity contribution >= 4 is 17.6 Å². The molecule has 7 nitrogen and oxygen atoms in total. The summed E-state index contributed by atoms with van der Waals surface area (Å²) in [6, 6.07) is 14.2. The number of ether oxygens (including phenoxy) is 2. The highest BCUT2D eigenvalue weighted by molar-refractivity contribution is 5.98. The third-order valence-corrected chi connectivity index (χ3v) is 5.18. The van der Waals surface area contributed by atoms with Crippen LogP contribution in [0.1, 0.15) is 23.6 Å². The number of hydrogen-bond acceptors (Lipinski definition) is 4. The van der Waals surface area contributed by atoms with Crippen molar-refractivity contribution in [2.75, 3.05) is 44.9 Å². The fraction of sp³-hybridized carbons (Fsp3) is 0.417. The van der Waals surface area contributed by atoms with Gasteiger partial charge in [-0.05, 0) is 43.5 Å². The summed E-state index contributed by atoms with van der Waals surface area (Å²) in [5.74, 6) is 1.43. The van der Waals surface area contributed by atoms with E-state index < -0.39 is 0 Å². The standard InChI is InChI=1S/C24H32N4O3/c1-4-30-13-14-31-22-15-18(2)9-10-20(22)16-26-24(25-3)27-17-23(29)28-12-11-19-7-5-6-8-21(19)28/h5-10,15H,4,11-14,16-17H2,1-3H3,(H2,25,26,27). The van der Waals surface area contributed by atoms with Gasteiger partial charge < -0.3 is 25.0 Å². The zero-order chi connectivity index (χ0) is 22.1. The number of anilines is 1. The molecule has 1 amide bonds. The summed E-state index contributed by atoms with van der Waals surface area (Å²) in [6.45, 7) is 7.17. The molecule has 2 N–H and O–H groups in total. The molecule has 0 atom stereocenters. The molecule has 2 aromatic rings. The van der Waals surface area contributed by atoms with Crippen molar-refractivity contribution in [3.63, 3.8) is 0 Å². The summed E-state index contributed by atoms with van der Waals surface area (Å²) < 4.78 is 11.3. The lowest BCUT2D eigenvalue weighted by molar-refractivity contribution is -0.117. The molecule has 0 saturated heterocycles. The number of rotatable bonds is 9. The van der Waals surface area contributed by atoms with Gasteiger partial charge in [-0.2, -0.15) is 0 Å². The van der Waals surface area contributed by atoms with Crippen LogP contribution in [0.5, 0.6) is 5.75 Å². The van der Waals surface area contributed by atoms with Crippen molar-refractivity contribution in [2.45, 2.75) is 26.8 Å². The van der Waals surface area contributed by atoms with E-state index in [1.54, 1.807) is 7.05 Å². The monoisotopic (exact) mass is 424 g/mol. The Balaban J connectivity index is 1.52. The molecule has 0 saturated carbocycles. The number of carbonyl (C=O) groups excluding carboxylic acids is 1. The van der Waals surface area contributed by atoms with Gasteiger partial charge in [0.15, 0.2) is 5.96 Å². The van der Waals surface area contributed by atoms with Crippen molar-refractivity contribution in [1.29, 1.82) is 0 Å². The van der Waals surface area contributed by atoms with E-state index in [9.17, 15) is 4.79 Å². The highest BCUT2D eigenvalue weighted by Gasteiger charge is 2.23. The minimum absolute atomic E-state index is 0.0307. The zero-order valence-electron chi connectivity index (χ0n) is 18.6. The molecule has 0 bridgehead atoms. The molecule has 0 unspecified atom stereocenters. The second kappa shape index (κ2) is 11.4. The number of carbonyl (C=O) groups is 1. The quantitative estimate of drug-likeness (QED) is 0.368. The SMILES string of the molecule is CCOCCOc1cc(C)ccc1CNC(=NC)NCC(=O)N1CCc2ccccc21. The summed E-state index contributed by atoms with van der Waals surface area (Å²) in [5, 5.41) is 6.39. The van der Waals surface area contributed by atoms with Crippen molar-refractivity contribution in [3.8, 4) is 5.75 Å². The number of benzene rings is 2. The fourth-order valence-electron chi connectivity index (χ4n) is 3.55. The van der Waals surface area contributed by atoms with E-state index in [-0.39, 0.29) is 12.5 Å². The van der Waals surface area contributed by atoms with Crippen molar-refractivity contribution in [3.05, 3.63) is 59.2 Å². The van der Waals surface area contributed by atoms with Crippen LogP contribution in [0.15, 0.2) is 47.5 Å². The Morgan fingerprint density at radius 2 is 2.00 bits per heavy atom. The van der Waals surface area contributed by atoms with Crippen LogP contribution in [-0.2, 0) is 22.5 Å². The topological polar surface area (TPSA) is 75.2 Å². The first kappa shape index (κ1) is 22.6. The van der Waals surface area contributed by atoms with Gasteiger partial charge in [0.05, 0.1) is 13.2 Å². The van der Waals surface area contributed by atoms with Gasteiger partial charge in [0.25, 0.3) is 0 Å². The summed E-state index contributed by atoms with van der Waals surface area (Å²) in [5.41, 5.74) is 4.37. The molecule has 1 aliphatic heterocycles. The summed E-state index contributed by atoms with van der Waals surface area (Å²) in [6.07, 6.45) is 0.897. The Kier molecular flexibility index (Phi) is 8.29. The molecule has 31 heavy (non-hydrogen) atoms. The van der Waals surface area contributed by atoms with E-state index >= 15 is 0 Å². The highest BCUT2D eigenvalue weighted by Crippen LogP contribution is 2.27. The van der Waals surface area contributed by atoms with Crippen LogP contribution >= 0.6 is 0 Å². The molecule has 0 fully saturated rings. The Hall–Kier alpha value is -3.06. The first-order valence-electron chi connectivity index (χ1n) is 10.7. The van der Waals surface area contributed by atoms with E-state index in [2.05, 4.69) is 27.8 Å². The maximum atomic E-state index is 12.7. The van der Waals surface area contributed by atoms with Crippen LogP contribution in [-0.4, -0.2) is 51.8 Å². The second-order valence-corrected chi connectivity index (χ2v) is 7.36. The van der Waals surface area contributed by atoms with E-state index in [0.717, 1.165) is 35.5 Å². The van der Waals surface area contributed by atoms with Gasteiger partial charge in [-0.1, -0.05) is 30.3 Å². The smallest absolute Gasteiger partial charge is 0.246 e.